The van der Waals surface area contributed by atoms with Gasteiger partial charge in [-0.2, -0.15) is 0 Å². The lowest BCUT2D eigenvalue weighted by Gasteiger charge is -2.36. The lowest BCUT2D eigenvalue weighted by atomic mass is 9.96. The smallest absolute Gasteiger partial charge is 0.251 e. The fraction of sp³-hybridized carbons (Fsp3) is 0.350. The Hall–Kier alpha value is -2.77. The van der Waals surface area contributed by atoms with Gasteiger partial charge in [0.2, 0.25) is 5.91 Å². The highest BCUT2D eigenvalue weighted by atomic mass is 16.5. The SMILES string of the molecule is O=C(C[C@@H]1CC[C@@H](NC(=O)c2ccncc2)[C@@H](CO)O1)Nc1ccccc1. The second-order valence-electron chi connectivity index (χ2n) is 6.49. The van der Waals surface area contributed by atoms with E-state index in [0.29, 0.717) is 18.4 Å². The lowest BCUT2D eigenvalue weighted by molar-refractivity contribution is -0.126. The zero-order valence-corrected chi connectivity index (χ0v) is 14.9. The summed E-state index contributed by atoms with van der Waals surface area (Å²) in [5.74, 6) is -0.369. The average Bonchev–Trinajstić information content (AvgIpc) is 2.70. The van der Waals surface area contributed by atoms with E-state index in [1.165, 1.54) is 0 Å². The summed E-state index contributed by atoms with van der Waals surface area (Å²) >= 11 is 0. The molecule has 3 atom stereocenters. The van der Waals surface area contributed by atoms with E-state index in [1.54, 1.807) is 24.5 Å². The molecule has 1 aliphatic heterocycles. The van der Waals surface area contributed by atoms with Gasteiger partial charge in [-0.05, 0) is 37.1 Å². The Morgan fingerprint density at radius 2 is 1.85 bits per heavy atom. The van der Waals surface area contributed by atoms with Crippen molar-refractivity contribution in [3.63, 3.8) is 0 Å². The largest absolute Gasteiger partial charge is 0.394 e. The molecule has 0 radical (unpaired) electrons. The number of hydrogen-bond acceptors (Lipinski definition) is 5. The fourth-order valence-electron chi connectivity index (χ4n) is 3.14. The molecule has 142 valence electrons. The summed E-state index contributed by atoms with van der Waals surface area (Å²) in [6.07, 6.45) is 3.73. The third-order valence-corrected chi connectivity index (χ3v) is 4.53. The molecule has 0 bridgehead atoms. The van der Waals surface area contributed by atoms with Crippen molar-refractivity contribution in [1.29, 1.82) is 0 Å². The van der Waals surface area contributed by atoms with Crippen LogP contribution in [0.1, 0.15) is 29.6 Å². The number of anilines is 1. The topological polar surface area (TPSA) is 101 Å². The molecule has 1 saturated heterocycles. The van der Waals surface area contributed by atoms with Gasteiger partial charge in [0.25, 0.3) is 5.91 Å². The summed E-state index contributed by atoms with van der Waals surface area (Å²) in [4.78, 5) is 28.4. The molecule has 2 aromatic rings. The molecule has 7 heteroatoms. The van der Waals surface area contributed by atoms with Crippen molar-refractivity contribution in [3.05, 3.63) is 60.4 Å². The monoisotopic (exact) mass is 369 g/mol. The number of aliphatic hydroxyl groups excluding tert-OH is 1. The Morgan fingerprint density at radius 1 is 1.11 bits per heavy atom. The number of carbonyl (C=O) groups is 2. The number of ether oxygens (including phenoxy) is 1. The van der Waals surface area contributed by atoms with Crippen LogP contribution in [0.5, 0.6) is 0 Å². The van der Waals surface area contributed by atoms with E-state index in [9.17, 15) is 14.7 Å². The van der Waals surface area contributed by atoms with E-state index in [0.717, 1.165) is 5.69 Å². The molecule has 1 aromatic carbocycles. The predicted octanol–water partition coefficient (Wildman–Crippen LogP) is 1.75. The van der Waals surface area contributed by atoms with Gasteiger partial charge in [0.15, 0.2) is 0 Å². The van der Waals surface area contributed by atoms with Gasteiger partial charge < -0.3 is 20.5 Å². The van der Waals surface area contributed by atoms with Gasteiger partial charge in [-0.1, -0.05) is 18.2 Å². The first-order valence-electron chi connectivity index (χ1n) is 8.98. The Morgan fingerprint density at radius 3 is 2.56 bits per heavy atom. The van der Waals surface area contributed by atoms with Crippen LogP contribution < -0.4 is 10.6 Å². The van der Waals surface area contributed by atoms with E-state index in [4.69, 9.17) is 4.74 Å². The molecule has 2 amide bonds. The van der Waals surface area contributed by atoms with Crippen LogP contribution in [0.4, 0.5) is 5.69 Å². The summed E-state index contributed by atoms with van der Waals surface area (Å²) in [5, 5.41) is 15.4. The van der Waals surface area contributed by atoms with Crippen LogP contribution in [0.3, 0.4) is 0 Å². The van der Waals surface area contributed by atoms with Crippen molar-refractivity contribution in [2.24, 2.45) is 0 Å². The fourth-order valence-corrected chi connectivity index (χ4v) is 3.14. The number of hydrogen-bond donors (Lipinski definition) is 3. The highest BCUT2D eigenvalue weighted by Gasteiger charge is 2.33. The minimum absolute atomic E-state index is 0.137. The maximum atomic E-state index is 12.3. The van der Waals surface area contributed by atoms with Crippen LogP contribution in [0.15, 0.2) is 54.9 Å². The van der Waals surface area contributed by atoms with Gasteiger partial charge >= 0.3 is 0 Å². The van der Waals surface area contributed by atoms with Crippen LogP contribution in [0.2, 0.25) is 0 Å². The zero-order chi connectivity index (χ0) is 19.1. The summed E-state index contributed by atoms with van der Waals surface area (Å²) in [5.41, 5.74) is 1.24. The van der Waals surface area contributed by atoms with Crippen LogP contribution in [0, 0.1) is 0 Å². The Bertz CT molecular complexity index is 754. The first-order valence-corrected chi connectivity index (χ1v) is 8.98. The lowest BCUT2D eigenvalue weighted by Crippen LogP contribution is -2.51. The average molecular weight is 369 g/mol. The third kappa shape index (κ3) is 5.35. The first-order chi connectivity index (χ1) is 13.2. The molecule has 3 N–H and O–H groups in total. The molecule has 0 spiro atoms. The molecule has 3 rings (SSSR count). The number of para-hydroxylation sites is 1. The summed E-state index contributed by atoms with van der Waals surface area (Å²) in [6, 6.07) is 12.2. The van der Waals surface area contributed by atoms with Crippen LogP contribution >= 0.6 is 0 Å². The molecule has 0 saturated carbocycles. The Labute approximate surface area is 157 Å². The molecule has 27 heavy (non-hydrogen) atoms. The molecule has 7 nitrogen and oxygen atoms in total. The zero-order valence-electron chi connectivity index (χ0n) is 14.9. The van der Waals surface area contributed by atoms with Crippen molar-refractivity contribution >= 4 is 17.5 Å². The summed E-state index contributed by atoms with van der Waals surface area (Å²) in [6.45, 7) is -0.224. The molecule has 1 aromatic heterocycles. The van der Waals surface area contributed by atoms with E-state index < -0.39 is 6.10 Å². The van der Waals surface area contributed by atoms with Crippen LogP contribution in [0.25, 0.3) is 0 Å². The van der Waals surface area contributed by atoms with E-state index in [2.05, 4.69) is 15.6 Å². The summed E-state index contributed by atoms with van der Waals surface area (Å²) < 4.78 is 5.86. The van der Waals surface area contributed by atoms with Crippen molar-refractivity contribution < 1.29 is 19.4 Å². The molecular formula is C20H23N3O4. The van der Waals surface area contributed by atoms with E-state index in [1.807, 2.05) is 30.3 Å². The predicted molar refractivity (Wildman–Crippen MR) is 100 cm³/mol. The number of nitrogens with one attached hydrogen (secondary N) is 2. The molecule has 0 aliphatic carbocycles. The van der Waals surface area contributed by atoms with Crippen molar-refractivity contribution in [2.75, 3.05) is 11.9 Å². The molecule has 1 fully saturated rings. The highest BCUT2D eigenvalue weighted by Crippen LogP contribution is 2.23. The molecular weight excluding hydrogens is 346 g/mol. The van der Waals surface area contributed by atoms with Crippen molar-refractivity contribution in [2.45, 2.75) is 37.5 Å². The first kappa shape index (κ1) is 19.0. The van der Waals surface area contributed by atoms with E-state index in [-0.39, 0.29) is 37.0 Å². The van der Waals surface area contributed by atoms with Crippen molar-refractivity contribution in [3.8, 4) is 0 Å². The second-order valence-corrected chi connectivity index (χ2v) is 6.49. The quantitative estimate of drug-likeness (QED) is 0.720. The Kier molecular flexibility index (Phi) is 6.51. The van der Waals surface area contributed by atoms with Gasteiger partial charge in [-0.25, -0.2) is 0 Å². The van der Waals surface area contributed by atoms with Gasteiger partial charge in [0.05, 0.1) is 25.2 Å². The highest BCUT2D eigenvalue weighted by molar-refractivity contribution is 5.94. The number of carbonyl (C=O) groups excluding carboxylic acids is 2. The minimum atomic E-state index is -0.543. The second kappa shape index (κ2) is 9.25. The number of amides is 2. The number of aromatic nitrogens is 1. The normalized spacial score (nSPS) is 22.0. The van der Waals surface area contributed by atoms with Gasteiger partial charge in [0, 0.05) is 23.6 Å². The van der Waals surface area contributed by atoms with Crippen LogP contribution in [-0.2, 0) is 9.53 Å². The Balaban J connectivity index is 1.51. The standard InChI is InChI=1S/C20H23N3O4/c24-13-18-17(23-20(26)14-8-10-21-11-9-14)7-6-16(27-18)12-19(25)22-15-4-2-1-3-5-15/h1-5,8-11,16-18,24H,6-7,12-13H2,(H,22,25)(H,23,26)/t16-,17+,18+/m0/s1. The number of benzene rings is 1. The number of nitrogens with zero attached hydrogens (tertiary/aromatic N) is 1. The number of rotatable bonds is 6. The molecule has 2 heterocycles. The van der Waals surface area contributed by atoms with Crippen LogP contribution in [-0.4, -0.2) is 46.8 Å². The van der Waals surface area contributed by atoms with Gasteiger partial charge in [-0.15, -0.1) is 0 Å². The molecule has 1 aliphatic rings. The van der Waals surface area contributed by atoms with Gasteiger partial charge in [-0.3, -0.25) is 14.6 Å². The third-order valence-electron chi connectivity index (χ3n) is 4.53. The maximum absolute atomic E-state index is 12.3. The summed E-state index contributed by atoms with van der Waals surface area (Å²) in [7, 11) is 0. The molecule has 0 unspecified atom stereocenters. The van der Waals surface area contributed by atoms with E-state index >= 15 is 0 Å². The maximum Gasteiger partial charge on any atom is 0.251 e. The van der Waals surface area contributed by atoms with Crippen molar-refractivity contribution in [1.82, 2.24) is 10.3 Å². The minimum Gasteiger partial charge on any atom is -0.394 e. The number of aliphatic hydroxyl groups is 1. The van der Waals surface area contributed by atoms with Gasteiger partial charge in [0.1, 0.15) is 6.10 Å². The number of pyridine rings is 1.